The summed E-state index contributed by atoms with van der Waals surface area (Å²) in [5, 5.41) is 0.630. The van der Waals surface area contributed by atoms with Gasteiger partial charge in [-0.3, -0.25) is 9.59 Å². The SMILES string of the molecule is Cc1ccc(C(=O)N2CCC3(CC2)CC(=O)c2c(cc(C)c(Cl)c2C)O3)cc1. The van der Waals surface area contributed by atoms with E-state index in [0.717, 1.165) is 16.7 Å². The van der Waals surface area contributed by atoms with Crippen molar-refractivity contribution in [1.82, 2.24) is 4.90 Å². The Kier molecular flexibility index (Phi) is 4.70. The van der Waals surface area contributed by atoms with Gasteiger partial charge in [0.25, 0.3) is 5.91 Å². The summed E-state index contributed by atoms with van der Waals surface area (Å²) in [6, 6.07) is 9.51. The fourth-order valence-electron chi connectivity index (χ4n) is 4.27. The van der Waals surface area contributed by atoms with Crippen LogP contribution >= 0.6 is 11.6 Å². The Labute approximate surface area is 170 Å². The minimum atomic E-state index is -0.527. The van der Waals surface area contributed by atoms with Crippen LogP contribution in [-0.2, 0) is 0 Å². The number of amides is 1. The molecule has 0 N–H and O–H groups in total. The minimum Gasteiger partial charge on any atom is -0.486 e. The molecule has 0 aromatic heterocycles. The van der Waals surface area contributed by atoms with Crippen molar-refractivity contribution in [3.63, 3.8) is 0 Å². The molecular weight excluding hydrogens is 374 g/mol. The van der Waals surface area contributed by atoms with Crippen molar-refractivity contribution in [3.8, 4) is 5.75 Å². The molecule has 2 aliphatic heterocycles. The standard InChI is InChI=1S/C23H24ClNO3/c1-14-4-6-17(7-5-14)22(27)25-10-8-23(9-11-25)13-18(26)20-16(3)21(24)15(2)12-19(20)28-23/h4-7,12H,8-11,13H2,1-3H3. The fraction of sp³-hybridized carbons (Fsp3) is 0.391. The molecule has 5 heteroatoms. The van der Waals surface area contributed by atoms with Gasteiger partial charge in [0.05, 0.1) is 12.0 Å². The molecule has 0 aliphatic carbocycles. The second kappa shape index (κ2) is 6.93. The van der Waals surface area contributed by atoms with Crippen molar-refractivity contribution in [3.05, 3.63) is 63.2 Å². The summed E-state index contributed by atoms with van der Waals surface area (Å²) in [5.41, 5.74) is 3.62. The zero-order chi connectivity index (χ0) is 20.1. The molecule has 2 aromatic rings. The average molecular weight is 398 g/mol. The number of carbonyl (C=O) groups is 2. The first-order valence-electron chi connectivity index (χ1n) is 9.67. The molecule has 2 aliphatic rings. The van der Waals surface area contributed by atoms with Crippen LogP contribution < -0.4 is 4.74 Å². The summed E-state index contributed by atoms with van der Waals surface area (Å²) in [6.07, 6.45) is 1.64. The summed E-state index contributed by atoms with van der Waals surface area (Å²) in [5.74, 6) is 0.753. The number of halogens is 1. The van der Waals surface area contributed by atoms with Gasteiger partial charge < -0.3 is 9.64 Å². The number of aryl methyl sites for hydroxylation is 2. The highest BCUT2D eigenvalue weighted by Gasteiger charge is 2.44. The van der Waals surface area contributed by atoms with E-state index in [1.54, 1.807) is 0 Å². The Morgan fingerprint density at radius 1 is 1.11 bits per heavy atom. The molecule has 1 amide bonds. The molecule has 1 fully saturated rings. The van der Waals surface area contributed by atoms with Crippen molar-refractivity contribution < 1.29 is 14.3 Å². The summed E-state index contributed by atoms with van der Waals surface area (Å²) >= 11 is 6.33. The summed E-state index contributed by atoms with van der Waals surface area (Å²) in [7, 11) is 0. The lowest BCUT2D eigenvalue weighted by molar-refractivity contribution is -0.00580. The van der Waals surface area contributed by atoms with Gasteiger partial charge in [-0.25, -0.2) is 0 Å². The molecule has 1 saturated heterocycles. The number of ether oxygens (including phenoxy) is 1. The van der Waals surface area contributed by atoms with Gasteiger partial charge in [-0.05, 0) is 50.1 Å². The van der Waals surface area contributed by atoms with E-state index in [9.17, 15) is 9.59 Å². The number of carbonyl (C=O) groups excluding carboxylic acids is 2. The topological polar surface area (TPSA) is 46.6 Å². The van der Waals surface area contributed by atoms with Crippen LogP contribution in [0.3, 0.4) is 0 Å². The molecular formula is C23H24ClNO3. The molecule has 0 atom stereocenters. The normalized spacial score (nSPS) is 18.0. The van der Waals surface area contributed by atoms with Crippen LogP contribution in [0.1, 0.15) is 56.7 Å². The van der Waals surface area contributed by atoms with E-state index in [-0.39, 0.29) is 11.7 Å². The van der Waals surface area contributed by atoms with Crippen molar-refractivity contribution >= 4 is 23.3 Å². The second-order valence-electron chi connectivity index (χ2n) is 8.05. The van der Waals surface area contributed by atoms with Crippen molar-refractivity contribution in [2.24, 2.45) is 0 Å². The van der Waals surface area contributed by atoms with Gasteiger partial charge in [0.2, 0.25) is 0 Å². The van der Waals surface area contributed by atoms with E-state index in [4.69, 9.17) is 16.3 Å². The maximum absolute atomic E-state index is 12.9. The van der Waals surface area contributed by atoms with Crippen LogP contribution in [0.2, 0.25) is 5.02 Å². The Bertz CT molecular complexity index is 957. The lowest BCUT2D eigenvalue weighted by Crippen LogP contribution is -2.52. The van der Waals surface area contributed by atoms with Crippen molar-refractivity contribution in [2.45, 2.75) is 45.6 Å². The van der Waals surface area contributed by atoms with Crippen LogP contribution in [0.25, 0.3) is 0 Å². The molecule has 0 unspecified atom stereocenters. The van der Waals surface area contributed by atoms with E-state index in [2.05, 4.69) is 0 Å². The predicted octanol–water partition coefficient (Wildman–Crippen LogP) is 4.91. The lowest BCUT2D eigenvalue weighted by atomic mass is 9.81. The van der Waals surface area contributed by atoms with Gasteiger partial charge in [0.15, 0.2) is 5.78 Å². The van der Waals surface area contributed by atoms with E-state index < -0.39 is 5.60 Å². The molecule has 28 heavy (non-hydrogen) atoms. The van der Waals surface area contributed by atoms with Crippen LogP contribution in [0.15, 0.2) is 30.3 Å². The van der Waals surface area contributed by atoms with Gasteiger partial charge in [0.1, 0.15) is 11.4 Å². The van der Waals surface area contributed by atoms with Gasteiger partial charge in [0, 0.05) is 36.5 Å². The summed E-state index contributed by atoms with van der Waals surface area (Å²) < 4.78 is 6.38. The molecule has 2 aromatic carbocycles. The van der Waals surface area contributed by atoms with Gasteiger partial charge in [-0.2, -0.15) is 0 Å². The largest absolute Gasteiger partial charge is 0.486 e. The van der Waals surface area contributed by atoms with Crippen LogP contribution in [0.5, 0.6) is 5.75 Å². The molecule has 146 valence electrons. The third-order valence-electron chi connectivity index (χ3n) is 5.99. The molecule has 0 radical (unpaired) electrons. The molecule has 4 nitrogen and oxygen atoms in total. The number of nitrogens with zero attached hydrogens (tertiary/aromatic N) is 1. The number of hydrogen-bond donors (Lipinski definition) is 0. The van der Waals surface area contributed by atoms with Crippen LogP contribution in [-0.4, -0.2) is 35.3 Å². The Morgan fingerprint density at radius 2 is 1.75 bits per heavy atom. The lowest BCUT2D eigenvalue weighted by Gasteiger charge is -2.44. The average Bonchev–Trinajstić information content (AvgIpc) is 2.66. The molecule has 4 rings (SSSR count). The number of fused-ring (bicyclic) bond motifs is 1. The second-order valence-corrected chi connectivity index (χ2v) is 8.43. The fourth-order valence-corrected chi connectivity index (χ4v) is 4.42. The maximum Gasteiger partial charge on any atom is 0.253 e. The third-order valence-corrected chi connectivity index (χ3v) is 6.57. The highest BCUT2D eigenvalue weighted by atomic mass is 35.5. The molecule has 0 bridgehead atoms. The van der Waals surface area contributed by atoms with E-state index >= 15 is 0 Å². The predicted molar refractivity (Wildman–Crippen MR) is 110 cm³/mol. The Hall–Kier alpha value is -2.33. The first kappa shape index (κ1) is 19.0. The van der Waals surface area contributed by atoms with Crippen LogP contribution in [0, 0.1) is 20.8 Å². The molecule has 1 spiro atoms. The molecule has 2 heterocycles. The van der Waals surface area contributed by atoms with Crippen molar-refractivity contribution in [2.75, 3.05) is 13.1 Å². The first-order valence-corrected chi connectivity index (χ1v) is 10.1. The van der Waals surface area contributed by atoms with Gasteiger partial charge in [-0.1, -0.05) is 29.3 Å². The van der Waals surface area contributed by atoms with E-state index in [1.807, 2.05) is 56.0 Å². The first-order chi connectivity index (χ1) is 13.3. The Balaban J connectivity index is 1.52. The summed E-state index contributed by atoms with van der Waals surface area (Å²) in [6.45, 7) is 6.97. The highest BCUT2D eigenvalue weighted by Crippen LogP contribution is 2.43. The number of benzene rings is 2. The highest BCUT2D eigenvalue weighted by molar-refractivity contribution is 6.32. The van der Waals surface area contributed by atoms with Gasteiger partial charge in [-0.15, -0.1) is 0 Å². The van der Waals surface area contributed by atoms with Crippen LogP contribution in [0.4, 0.5) is 0 Å². The number of hydrogen-bond acceptors (Lipinski definition) is 3. The number of likely N-dealkylation sites (tertiary alicyclic amines) is 1. The minimum absolute atomic E-state index is 0.0378. The van der Waals surface area contributed by atoms with Crippen molar-refractivity contribution in [1.29, 1.82) is 0 Å². The smallest absolute Gasteiger partial charge is 0.253 e. The number of Topliss-reactive ketones (excluding diaryl/α,β-unsaturated/α-hetero) is 1. The zero-order valence-corrected chi connectivity index (χ0v) is 17.2. The number of rotatable bonds is 1. The van der Waals surface area contributed by atoms with Gasteiger partial charge >= 0.3 is 0 Å². The summed E-state index contributed by atoms with van der Waals surface area (Å²) in [4.78, 5) is 27.5. The Morgan fingerprint density at radius 3 is 2.39 bits per heavy atom. The number of piperidine rings is 1. The third kappa shape index (κ3) is 3.20. The maximum atomic E-state index is 12.9. The quantitative estimate of drug-likeness (QED) is 0.687. The number of ketones is 1. The zero-order valence-electron chi connectivity index (χ0n) is 16.5. The molecule has 0 saturated carbocycles. The van der Waals surface area contributed by atoms with E-state index in [0.29, 0.717) is 54.3 Å². The van der Waals surface area contributed by atoms with E-state index in [1.165, 1.54) is 0 Å². The monoisotopic (exact) mass is 397 g/mol.